The minimum absolute atomic E-state index is 0. The number of para-hydroxylation sites is 2. The van der Waals surface area contributed by atoms with Crippen molar-refractivity contribution in [3.8, 4) is 0 Å². The van der Waals surface area contributed by atoms with Crippen LogP contribution in [0.4, 0.5) is 0 Å². The molecular weight excluding hydrogens is 228 g/mol. The summed E-state index contributed by atoms with van der Waals surface area (Å²) in [4.78, 5) is 4.21. The zero-order valence-electron chi connectivity index (χ0n) is 8.80. The van der Waals surface area contributed by atoms with Crippen molar-refractivity contribution in [2.24, 2.45) is 5.73 Å². The average molecular weight is 243 g/mol. The third-order valence-corrected chi connectivity index (χ3v) is 2.28. The lowest BCUT2D eigenvalue weighted by molar-refractivity contribution is 0.134. The monoisotopic (exact) mass is 242 g/mol. The highest BCUT2D eigenvalue weighted by molar-refractivity contribution is 5.85. The van der Waals surface area contributed by atoms with E-state index >= 15 is 0 Å². The van der Waals surface area contributed by atoms with Gasteiger partial charge in [-0.15, -0.1) is 12.4 Å². The minimum atomic E-state index is -0.652. The Kier molecular flexibility index (Phi) is 4.73. The number of benzene rings is 1. The van der Waals surface area contributed by atoms with E-state index in [4.69, 9.17) is 10.2 Å². The second kappa shape index (κ2) is 5.84. The largest absolute Gasteiger partial charge is 0.438 e. The molecule has 0 aliphatic rings. The first-order valence-electron chi connectivity index (χ1n) is 5.05. The number of rotatable bonds is 4. The van der Waals surface area contributed by atoms with Crippen LogP contribution in [-0.2, 0) is 0 Å². The van der Waals surface area contributed by atoms with Crippen molar-refractivity contribution in [1.29, 1.82) is 0 Å². The second-order valence-corrected chi connectivity index (χ2v) is 3.47. The molecule has 1 heterocycles. The zero-order chi connectivity index (χ0) is 10.7. The van der Waals surface area contributed by atoms with E-state index in [9.17, 15) is 5.11 Å². The van der Waals surface area contributed by atoms with E-state index in [1.165, 1.54) is 0 Å². The number of aliphatic hydroxyl groups is 1. The Morgan fingerprint density at radius 1 is 1.38 bits per heavy atom. The van der Waals surface area contributed by atoms with Gasteiger partial charge in [-0.2, -0.15) is 0 Å². The SMILES string of the molecule is Cl.NCCCC(O)c1nc2ccccc2o1. The molecule has 0 fully saturated rings. The number of fused-ring (bicyclic) bond motifs is 1. The molecule has 0 radical (unpaired) electrons. The highest BCUT2D eigenvalue weighted by atomic mass is 35.5. The van der Waals surface area contributed by atoms with Crippen LogP contribution >= 0.6 is 12.4 Å². The number of aromatic nitrogens is 1. The predicted molar refractivity (Wildman–Crippen MR) is 64.5 cm³/mol. The van der Waals surface area contributed by atoms with Crippen molar-refractivity contribution in [2.45, 2.75) is 18.9 Å². The summed E-state index contributed by atoms with van der Waals surface area (Å²) >= 11 is 0. The summed E-state index contributed by atoms with van der Waals surface area (Å²) in [5.74, 6) is 0.379. The van der Waals surface area contributed by atoms with Gasteiger partial charge >= 0.3 is 0 Å². The summed E-state index contributed by atoms with van der Waals surface area (Å²) < 4.78 is 5.42. The molecule has 1 atom stereocenters. The molecule has 0 saturated heterocycles. The molecule has 0 aliphatic heterocycles. The van der Waals surface area contributed by atoms with Crippen molar-refractivity contribution in [2.75, 3.05) is 6.54 Å². The van der Waals surface area contributed by atoms with Gasteiger partial charge in [-0.1, -0.05) is 12.1 Å². The van der Waals surface area contributed by atoms with Crippen molar-refractivity contribution < 1.29 is 9.52 Å². The van der Waals surface area contributed by atoms with Gasteiger partial charge in [0.15, 0.2) is 5.58 Å². The van der Waals surface area contributed by atoms with Gasteiger partial charge in [0.25, 0.3) is 0 Å². The molecule has 2 rings (SSSR count). The van der Waals surface area contributed by atoms with Gasteiger partial charge in [0.1, 0.15) is 11.6 Å². The molecule has 1 unspecified atom stereocenters. The van der Waals surface area contributed by atoms with Crippen LogP contribution in [0.1, 0.15) is 24.8 Å². The van der Waals surface area contributed by atoms with E-state index in [0.29, 0.717) is 24.4 Å². The molecule has 4 nitrogen and oxygen atoms in total. The van der Waals surface area contributed by atoms with E-state index in [1.54, 1.807) is 0 Å². The maximum atomic E-state index is 9.74. The molecule has 0 saturated carbocycles. The first kappa shape index (κ1) is 13.0. The highest BCUT2D eigenvalue weighted by Gasteiger charge is 2.14. The fraction of sp³-hybridized carbons (Fsp3) is 0.364. The fourth-order valence-electron chi connectivity index (χ4n) is 1.47. The smallest absolute Gasteiger partial charge is 0.224 e. The van der Waals surface area contributed by atoms with Crippen LogP contribution in [0.3, 0.4) is 0 Å². The van der Waals surface area contributed by atoms with Crippen LogP contribution in [0.2, 0.25) is 0 Å². The third kappa shape index (κ3) is 2.72. The van der Waals surface area contributed by atoms with Gasteiger partial charge in [0.2, 0.25) is 5.89 Å². The number of nitrogens with two attached hydrogens (primary N) is 1. The number of oxazole rings is 1. The zero-order valence-corrected chi connectivity index (χ0v) is 9.61. The molecule has 2 aromatic rings. The van der Waals surface area contributed by atoms with E-state index in [-0.39, 0.29) is 12.4 Å². The second-order valence-electron chi connectivity index (χ2n) is 3.47. The summed E-state index contributed by atoms with van der Waals surface area (Å²) in [6.07, 6.45) is 0.699. The van der Waals surface area contributed by atoms with Gasteiger partial charge in [0.05, 0.1) is 0 Å². The van der Waals surface area contributed by atoms with Gasteiger partial charge in [0, 0.05) is 0 Å². The van der Waals surface area contributed by atoms with Crippen LogP contribution in [0.15, 0.2) is 28.7 Å². The molecule has 3 N–H and O–H groups in total. The van der Waals surface area contributed by atoms with Gasteiger partial charge in [-0.25, -0.2) is 4.98 Å². The molecule has 5 heteroatoms. The fourth-order valence-corrected chi connectivity index (χ4v) is 1.47. The Balaban J connectivity index is 0.00000128. The maximum Gasteiger partial charge on any atom is 0.224 e. The summed E-state index contributed by atoms with van der Waals surface area (Å²) in [6.45, 7) is 0.567. The number of hydrogen-bond acceptors (Lipinski definition) is 4. The molecule has 1 aromatic carbocycles. The maximum absolute atomic E-state index is 9.74. The summed E-state index contributed by atoms with van der Waals surface area (Å²) in [7, 11) is 0. The standard InChI is InChI=1S/C11H14N2O2.ClH/c12-7-3-5-9(14)11-13-8-4-1-2-6-10(8)15-11;/h1-2,4,6,9,14H,3,5,7,12H2;1H. The van der Waals surface area contributed by atoms with E-state index in [2.05, 4.69) is 4.98 Å². The van der Waals surface area contributed by atoms with Crippen LogP contribution in [-0.4, -0.2) is 16.6 Å². The first-order chi connectivity index (χ1) is 7.31. The minimum Gasteiger partial charge on any atom is -0.438 e. The molecule has 0 spiro atoms. The van der Waals surface area contributed by atoms with Crippen LogP contribution in [0.5, 0.6) is 0 Å². The number of halogens is 1. The topological polar surface area (TPSA) is 72.3 Å². The lowest BCUT2D eigenvalue weighted by Crippen LogP contribution is -2.03. The van der Waals surface area contributed by atoms with Crippen molar-refractivity contribution in [1.82, 2.24) is 4.98 Å². The summed E-state index contributed by atoms with van der Waals surface area (Å²) in [5, 5.41) is 9.74. The predicted octanol–water partition coefficient (Wildman–Crippen LogP) is 2.02. The van der Waals surface area contributed by atoms with Crippen molar-refractivity contribution >= 4 is 23.5 Å². The van der Waals surface area contributed by atoms with E-state index < -0.39 is 6.10 Å². The summed E-state index contributed by atoms with van der Waals surface area (Å²) in [5.41, 5.74) is 6.85. The molecule has 0 aliphatic carbocycles. The van der Waals surface area contributed by atoms with Gasteiger partial charge < -0.3 is 15.3 Å². The van der Waals surface area contributed by atoms with Gasteiger partial charge in [-0.05, 0) is 31.5 Å². The van der Waals surface area contributed by atoms with Crippen LogP contribution in [0, 0.1) is 0 Å². The van der Waals surface area contributed by atoms with E-state index in [1.807, 2.05) is 24.3 Å². The van der Waals surface area contributed by atoms with Crippen molar-refractivity contribution in [3.05, 3.63) is 30.2 Å². The quantitative estimate of drug-likeness (QED) is 0.861. The van der Waals surface area contributed by atoms with Crippen LogP contribution in [0.25, 0.3) is 11.1 Å². The average Bonchev–Trinajstić information content (AvgIpc) is 2.69. The Labute approximate surface area is 99.9 Å². The number of aliphatic hydroxyl groups excluding tert-OH is 1. The number of hydrogen-bond donors (Lipinski definition) is 2. The van der Waals surface area contributed by atoms with Crippen LogP contribution < -0.4 is 5.73 Å². The lowest BCUT2D eigenvalue weighted by atomic mass is 10.2. The Morgan fingerprint density at radius 2 is 2.12 bits per heavy atom. The Morgan fingerprint density at radius 3 is 2.81 bits per heavy atom. The van der Waals surface area contributed by atoms with Crippen molar-refractivity contribution in [3.63, 3.8) is 0 Å². The first-order valence-corrected chi connectivity index (χ1v) is 5.05. The summed E-state index contributed by atoms with van der Waals surface area (Å²) in [6, 6.07) is 7.46. The molecule has 88 valence electrons. The normalized spacial score (nSPS) is 12.4. The molecule has 1 aromatic heterocycles. The molecular formula is C11H15ClN2O2. The molecule has 16 heavy (non-hydrogen) atoms. The molecule has 0 bridgehead atoms. The lowest BCUT2D eigenvalue weighted by Gasteiger charge is -2.03. The molecule has 0 amide bonds. The van der Waals surface area contributed by atoms with E-state index in [0.717, 1.165) is 11.9 Å². The van der Waals surface area contributed by atoms with Gasteiger partial charge in [-0.3, -0.25) is 0 Å². The third-order valence-electron chi connectivity index (χ3n) is 2.28. The Bertz CT molecular complexity index is 411. The highest BCUT2D eigenvalue weighted by Crippen LogP contribution is 2.22. The number of nitrogens with zero attached hydrogens (tertiary/aromatic N) is 1. The Hall–Kier alpha value is -1.10.